The van der Waals surface area contributed by atoms with Gasteiger partial charge < -0.3 is 10.1 Å². The Hall–Kier alpha value is -1.81. The maximum Gasteiger partial charge on any atom is 0.309 e. The molecule has 1 heterocycles. The fraction of sp³-hybridized carbons (Fsp3) is 0.167. The first-order valence-electron chi connectivity index (χ1n) is 5.01. The number of H-pyrrole nitrogens is 1. The summed E-state index contributed by atoms with van der Waals surface area (Å²) in [6, 6.07) is 4.60. The second-order valence-corrected chi connectivity index (χ2v) is 4.31. The number of carbonyl (C=O) groups is 1. The molecule has 17 heavy (non-hydrogen) atoms. The number of fused-ring (bicyclic) bond motifs is 1. The summed E-state index contributed by atoms with van der Waals surface area (Å²) in [6.45, 7) is 1.81. The third-order valence-corrected chi connectivity index (χ3v) is 2.72. The molecule has 0 saturated heterocycles. The van der Waals surface area contributed by atoms with Gasteiger partial charge in [0.15, 0.2) is 5.43 Å². The van der Waals surface area contributed by atoms with Crippen molar-refractivity contribution in [1.29, 1.82) is 0 Å². The molecule has 0 atom stereocenters. The van der Waals surface area contributed by atoms with E-state index in [-0.39, 0.29) is 11.8 Å². The zero-order valence-corrected chi connectivity index (χ0v) is 9.84. The van der Waals surface area contributed by atoms with Gasteiger partial charge in [0, 0.05) is 22.2 Å². The van der Waals surface area contributed by atoms with E-state index in [1.807, 2.05) is 6.92 Å². The van der Waals surface area contributed by atoms with Crippen LogP contribution in [0, 0.1) is 6.92 Å². The highest BCUT2D eigenvalue weighted by molar-refractivity contribution is 6.31. The predicted octanol–water partition coefficient (Wildman–Crippen LogP) is 2.12. The van der Waals surface area contributed by atoms with Gasteiger partial charge in [-0.1, -0.05) is 11.6 Å². The van der Waals surface area contributed by atoms with Gasteiger partial charge in [0.1, 0.15) is 0 Å². The van der Waals surface area contributed by atoms with Crippen LogP contribution in [0.15, 0.2) is 23.0 Å². The van der Waals surface area contributed by atoms with Gasteiger partial charge >= 0.3 is 5.97 Å². The lowest BCUT2D eigenvalue weighted by molar-refractivity contribution is -0.136. The molecule has 0 radical (unpaired) electrons. The molecule has 2 N–H and O–H groups in total. The smallest absolute Gasteiger partial charge is 0.309 e. The number of carboxylic acid groups (broad SMARTS) is 1. The maximum atomic E-state index is 11.8. The zero-order chi connectivity index (χ0) is 12.6. The largest absolute Gasteiger partial charge is 0.481 e. The number of pyridine rings is 1. The Morgan fingerprint density at radius 2 is 2.12 bits per heavy atom. The fourth-order valence-electron chi connectivity index (χ4n) is 1.79. The number of aliphatic carboxylic acids is 1. The van der Waals surface area contributed by atoms with Gasteiger partial charge in [-0.2, -0.15) is 0 Å². The number of carboxylic acids is 1. The summed E-state index contributed by atoms with van der Waals surface area (Å²) in [6.07, 6.45) is -0.201. The number of halogens is 1. The molecule has 5 heteroatoms. The molecule has 1 aromatic heterocycles. The molecule has 2 aromatic rings. The van der Waals surface area contributed by atoms with Gasteiger partial charge in [0.05, 0.1) is 11.9 Å². The molecule has 0 amide bonds. The van der Waals surface area contributed by atoms with Crippen LogP contribution < -0.4 is 5.43 Å². The molecule has 0 aliphatic heterocycles. The van der Waals surface area contributed by atoms with Crippen LogP contribution in [-0.2, 0) is 11.2 Å². The normalized spacial score (nSPS) is 10.7. The van der Waals surface area contributed by atoms with Crippen molar-refractivity contribution in [3.63, 3.8) is 0 Å². The number of aromatic amines is 1. The van der Waals surface area contributed by atoms with E-state index in [1.165, 1.54) is 6.07 Å². The molecule has 1 aromatic carbocycles. The second kappa shape index (κ2) is 4.22. The van der Waals surface area contributed by atoms with E-state index < -0.39 is 5.97 Å². The van der Waals surface area contributed by atoms with Gasteiger partial charge in [-0.15, -0.1) is 0 Å². The molecule has 0 bridgehead atoms. The topological polar surface area (TPSA) is 70.2 Å². The van der Waals surface area contributed by atoms with Crippen molar-refractivity contribution in [1.82, 2.24) is 4.98 Å². The average Bonchev–Trinajstić information content (AvgIpc) is 2.19. The van der Waals surface area contributed by atoms with Gasteiger partial charge in [-0.3, -0.25) is 9.59 Å². The summed E-state index contributed by atoms with van der Waals surface area (Å²) in [5.74, 6) is -0.980. The van der Waals surface area contributed by atoms with Crippen LogP contribution in [0.1, 0.15) is 11.3 Å². The van der Waals surface area contributed by atoms with Crippen molar-refractivity contribution in [3.8, 4) is 0 Å². The van der Waals surface area contributed by atoms with E-state index in [4.69, 9.17) is 16.7 Å². The van der Waals surface area contributed by atoms with Crippen LogP contribution in [-0.4, -0.2) is 16.1 Å². The molecular formula is C12H10ClNO3. The molecule has 0 aliphatic carbocycles. The number of hydrogen-bond acceptors (Lipinski definition) is 2. The molecule has 2 rings (SSSR count). The number of aryl methyl sites for hydroxylation is 1. The van der Waals surface area contributed by atoms with Crippen LogP contribution in [0.3, 0.4) is 0 Å². The molecular weight excluding hydrogens is 242 g/mol. The van der Waals surface area contributed by atoms with Crippen LogP contribution >= 0.6 is 11.6 Å². The minimum Gasteiger partial charge on any atom is -0.481 e. The Kier molecular flexibility index (Phi) is 2.90. The van der Waals surface area contributed by atoms with Crippen molar-refractivity contribution in [2.45, 2.75) is 13.3 Å². The van der Waals surface area contributed by atoms with Crippen molar-refractivity contribution < 1.29 is 9.90 Å². The molecule has 0 spiro atoms. The highest BCUT2D eigenvalue weighted by Gasteiger charge is 2.08. The lowest BCUT2D eigenvalue weighted by atomic mass is 10.1. The monoisotopic (exact) mass is 251 g/mol. The second-order valence-electron chi connectivity index (χ2n) is 3.87. The van der Waals surface area contributed by atoms with Crippen molar-refractivity contribution in [2.75, 3.05) is 0 Å². The fourth-order valence-corrected chi connectivity index (χ4v) is 2.07. The lowest BCUT2D eigenvalue weighted by Gasteiger charge is -2.05. The predicted molar refractivity (Wildman–Crippen MR) is 65.7 cm³/mol. The standard InChI is InChI=1S/C12H10ClNO3/c1-6-2-7(13)3-9-10(15)4-8(5-11(16)17)14-12(6)9/h2-4H,5H2,1H3,(H,14,15)(H,16,17). The lowest BCUT2D eigenvalue weighted by Crippen LogP contribution is -2.09. The highest BCUT2D eigenvalue weighted by Crippen LogP contribution is 2.19. The molecule has 88 valence electrons. The Balaban J connectivity index is 2.73. The highest BCUT2D eigenvalue weighted by atomic mass is 35.5. The van der Waals surface area contributed by atoms with E-state index in [2.05, 4.69) is 4.98 Å². The summed E-state index contributed by atoms with van der Waals surface area (Å²) in [5.41, 5.74) is 1.62. The third-order valence-electron chi connectivity index (χ3n) is 2.50. The number of hydrogen-bond donors (Lipinski definition) is 2. The summed E-state index contributed by atoms with van der Waals surface area (Å²) in [5, 5.41) is 9.67. The van der Waals surface area contributed by atoms with E-state index >= 15 is 0 Å². The van der Waals surface area contributed by atoms with Crippen LogP contribution in [0.2, 0.25) is 5.02 Å². The average molecular weight is 252 g/mol. The Bertz CT molecular complexity index is 661. The van der Waals surface area contributed by atoms with Gasteiger partial charge in [-0.05, 0) is 24.6 Å². The summed E-state index contributed by atoms with van der Waals surface area (Å²) in [7, 11) is 0. The Labute approximate surface area is 102 Å². The Morgan fingerprint density at radius 1 is 1.41 bits per heavy atom. The first-order chi connectivity index (χ1) is 7.97. The number of benzene rings is 1. The number of rotatable bonds is 2. The van der Waals surface area contributed by atoms with Gasteiger partial charge in [-0.25, -0.2) is 0 Å². The third kappa shape index (κ3) is 2.31. The van der Waals surface area contributed by atoms with E-state index in [1.54, 1.807) is 12.1 Å². The van der Waals surface area contributed by atoms with Crippen LogP contribution in [0.5, 0.6) is 0 Å². The van der Waals surface area contributed by atoms with Crippen LogP contribution in [0.25, 0.3) is 10.9 Å². The van der Waals surface area contributed by atoms with E-state index in [0.29, 0.717) is 21.6 Å². The van der Waals surface area contributed by atoms with Crippen molar-refractivity contribution >= 4 is 28.5 Å². The summed E-state index contributed by atoms with van der Waals surface area (Å²) in [4.78, 5) is 25.4. The number of aromatic nitrogens is 1. The summed E-state index contributed by atoms with van der Waals surface area (Å²) < 4.78 is 0. The maximum absolute atomic E-state index is 11.8. The molecule has 4 nitrogen and oxygen atoms in total. The SMILES string of the molecule is Cc1cc(Cl)cc2c(=O)cc(CC(=O)O)[nH]c12. The first-order valence-corrected chi connectivity index (χ1v) is 5.39. The van der Waals surface area contributed by atoms with E-state index in [0.717, 1.165) is 5.56 Å². The van der Waals surface area contributed by atoms with Crippen molar-refractivity contribution in [2.24, 2.45) is 0 Å². The molecule has 0 aliphatic rings. The quantitative estimate of drug-likeness (QED) is 0.859. The van der Waals surface area contributed by atoms with Crippen molar-refractivity contribution in [3.05, 3.63) is 44.7 Å². The molecule has 0 fully saturated rings. The minimum atomic E-state index is -0.980. The number of nitrogens with one attached hydrogen (secondary N) is 1. The van der Waals surface area contributed by atoms with Gasteiger partial charge in [0.25, 0.3) is 0 Å². The summed E-state index contributed by atoms with van der Waals surface area (Å²) >= 11 is 5.87. The first kappa shape index (κ1) is 11.7. The van der Waals surface area contributed by atoms with Gasteiger partial charge in [0.2, 0.25) is 0 Å². The minimum absolute atomic E-state index is 0.201. The van der Waals surface area contributed by atoms with Crippen LogP contribution in [0.4, 0.5) is 0 Å². The Morgan fingerprint density at radius 3 is 2.76 bits per heavy atom. The zero-order valence-electron chi connectivity index (χ0n) is 9.08. The van der Waals surface area contributed by atoms with E-state index in [9.17, 15) is 9.59 Å². The molecule has 0 saturated carbocycles. The molecule has 0 unspecified atom stereocenters.